The first-order valence-corrected chi connectivity index (χ1v) is 7.24. The Kier molecular flexibility index (Phi) is 3.75. The summed E-state index contributed by atoms with van der Waals surface area (Å²) in [4.78, 5) is 0. The average Bonchev–Trinajstić information content (AvgIpc) is 2.62. The predicted octanol–water partition coefficient (Wildman–Crippen LogP) is 3.81. The second-order valence-corrected chi connectivity index (χ2v) is 5.46. The van der Waals surface area contributed by atoms with Gasteiger partial charge in [-0.15, -0.1) is 0 Å². The van der Waals surface area contributed by atoms with E-state index in [1.807, 2.05) is 49.4 Å². The highest BCUT2D eigenvalue weighted by Crippen LogP contribution is 2.32. The normalized spacial score (nSPS) is 21.9. The molecule has 1 aliphatic rings. The van der Waals surface area contributed by atoms with Gasteiger partial charge in [0.15, 0.2) is 0 Å². The lowest BCUT2D eigenvalue weighted by Gasteiger charge is -2.24. The zero-order valence-electron chi connectivity index (χ0n) is 11.8. The fourth-order valence-electron chi connectivity index (χ4n) is 2.88. The minimum atomic E-state index is -0.548. The van der Waals surface area contributed by atoms with Crippen LogP contribution in [0.15, 0.2) is 48.5 Å². The maximum Gasteiger partial charge on any atom is 0.129 e. The lowest BCUT2D eigenvalue weighted by atomic mass is 10.00. The van der Waals surface area contributed by atoms with Gasteiger partial charge >= 0.3 is 0 Å². The number of hydrogen-bond donors (Lipinski definition) is 1. The molecule has 2 aromatic carbocycles. The van der Waals surface area contributed by atoms with Crippen LogP contribution in [0.2, 0.25) is 0 Å². The Balaban J connectivity index is 1.86. The molecule has 0 aliphatic heterocycles. The molecule has 0 fully saturated rings. The van der Waals surface area contributed by atoms with Crippen molar-refractivity contribution in [3.8, 4) is 5.75 Å². The van der Waals surface area contributed by atoms with Gasteiger partial charge in [0.25, 0.3) is 0 Å². The van der Waals surface area contributed by atoms with Crippen LogP contribution >= 0.6 is 0 Å². The molecule has 1 N–H and O–H groups in total. The smallest absolute Gasteiger partial charge is 0.129 e. The quantitative estimate of drug-likeness (QED) is 0.839. The molecule has 0 bridgehead atoms. The summed E-state index contributed by atoms with van der Waals surface area (Å²) in [6.45, 7) is 2.03. The Morgan fingerprint density at radius 2 is 1.80 bits per heavy atom. The summed E-state index contributed by atoms with van der Waals surface area (Å²) in [5, 5.41) is 10.6. The molecular formula is C18H20O2. The minimum Gasteiger partial charge on any atom is -0.487 e. The standard InChI is InChI=1S/C18H20O2/c1-13-7-2-5-11-16(13)20-17-12-6-9-14-8-3-4-10-15(14)18(17)19/h2-5,7-8,10-11,17-19H,6,9,12H2,1H3. The Morgan fingerprint density at radius 1 is 1.05 bits per heavy atom. The van der Waals surface area contributed by atoms with Crippen LogP contribution in [0.1, 0.15) is 35.6 Å². The zero-order chi connectivity index (χ0) is 13.9. The molecule has 104 valence electrons. The van der Waals surface area contributed by atoms with Crippen LogP contribution in [-0.4, -0.2) is 11.2 Å². The third-order valence-electron chi connectivity index (χ3n) is 4.03. The number of ether oxygens (including phenoxy) is 1. The molecule has 2 unspecified atom stereocenters. The first kappa shape index (κ1) is 13.2. The molecule has 0 saturated heterocycles. The molecule has 0 spiro atoms. The molecule has 2 aromatic rings. The predicted molar refractivity (Wildman–Crippen MR) is 79.9 cm³/mol. The van der Waals surface area contributed by atoms with Crippen molar-refractivity contribution >= 4 is 0 Å². The van der Waals surface area contributed by atoms with E-state index in [0.29, 0.717) is 0 Å². The molecule has 20 heavy (non-hydrogen) atoms. The molecule has 1 aliphatic carbocycles. The van der Waals surface area contributed by atoms with Crippen LogP contribution in [-0.2, 0) is 6.42 Å². The number of hydrogen-bond acceptors (Lipinski definition) is 2. The first-order chi connectivity index (χ1) is 9.75. The van der Waals surface area contributed by atoms with E-state index in [0.717, 1.165) is 36.1 Å². The molecule has 0 amide bonds. The van der Waals surface area contributed by atoms with Crippen molar-refractivity contribution in [1.29, 1.82) is 0 Å². The monoisotopic (exact) mass is 268 g/mol. The van der Waals surface area contributed by atoms with Crippen molar-refractivity contribution in [3.63, 3.8) is 0 Å². The van der Waals surface area contributed by atoms with Crippen LogP contribution in [0.5, 0.6) is 5.75 Å². The molecule has 3 rings (SSSR count). The van der Waals surface area contributed by atoms with Crippen molar-refractivity contribution in [2.75, 3.05) is 0 Å². The van der Waals surface area contributed by atoms with Gasteiger partial charge in [0.05, 0.1) is 0 Å². The third-order valence-corrected chi connectivity index (χ3v) is 4.03. The maximum atomic E-state index is 10.6. The largest absolute Gasteiger partial charge is 0.487 e. The molecule has 0 aromatic heterocycles. The van der Waals surface area contributed by atoms with Gasteiger partial charge in [0.1, 0.15) is 18.0 Å². The maximum absolute atomic E-state index is 10.6. The van der Waals surface area contributed by atoms with Crippen LogP contribution in [0.3, 0.4) is 0 Å². The Labute approximate surface area is 120 Å². The molecular weight excluding hydrogens is 248 g/mol. The summed E-state index contributed by atoms with van der Waals surface area (Å²) >= 11 is 0. The highest BCUT2D eigenvalue weighted by Gasteiger charge is 2.27. The van der Waals surface area contributed by atoms with Gasteiger partial charge in [0, 0.05) is 0 Å². The topological polar surface area (TPSA) is 29.5 Å². The van der Waals surface area contributed by atoms with Crippen molar-refractivity contribution in [3.05, 3.63) is 65.2 Å². The molecule has 2 nitrogen and oxygen atoms in total. The number of benzene rings is 2. The van der Waals surface area contributed by atoms with Crippen molar-refractivity contribution in [2.24, 2.45) is 0 Å². The fourth-order valence-corrected chi connectivity index (χ4v) is 2.88. The van der Waals surface area contributed by atoms with Crippen molar-refractivity contribution in [2.45, 2.75) is 38.4 Å². The van der Waals surface area contributed by atoms with Gasteiger partial charge in [-0.3, -0.25) is 0 Å². The summed E-state index contributed by atoms with van der Waals surface area (Å²) in [7, 11) is 0. The van der Waals surface area contributed by atoms with Gasteiger partial charge in [-0.1, -0.05) is 42.5 Å². The van der Waals surface area contributed by atoms with Gasteiger partial charge in [-0.2, -0.15) is 0 Å². The van der Waals surface area contributed by atoms with E-state index < -0.39 is 6.10 Å². The number of aryl methyl sites for hydroxylation is 2. The SMILES string of the molecule is Cc1ccccc1OC1CCCc2ccccc2C1O. The second kappa shape index (κ2) is 5.68. The molecule has 0 saturated carbocycles. The van der Waals surface area contributed by atoms with E-state index in [9.17, 15) is 5.11 Å². The van der Waals surface area contributed by atoms with Crippen LogP contribution < -0.4 is 4.74 Å². The number of fused-ring (bicyclic) bond motifs is 1. The fraction of sp³-hybridized carbons (Fsp3) is 0.333. The molecule has 2 heteroatoms. The number of rotatable bonds is 2. The van der Waals surface area contributed by atoms with Gasteiger partial charge in [0.2, 0.25) is 0 Å². The lowest BCUT2D eigenvalue weighted by molar-refractivity contribution is 0.0317. The van der Waals surface area contributed by atoms with Crippen LogP contribution in [0.25, 0.3) is 0 Å². The van der Waals surface area contributed by atoms with Crippen LogP contribution in [0.4, 0.5) is 0 Å². The highest BCUT2D eigenvalue weighted by molar-refractivity contribution is 5.34. The Morgan fingerprint density at radius 3 is 2.65 bits per heavy atom. The lowest BCUT2D eigenvalue weighted by Crippen LogP contribution is -2.24. The summed E-state index contributed by atoms with van der Waals surface area (Å²) in [6, 6.07) is 16.1. The minimum absolute atomic E-state index is 0.167. The number of para-hydroxylation sites is 1. The van der Waals surface area contributed by atoms with Crippen molar-refractivity contribution < 1.29 is 9.84 Å². The van der Waals surface area contributed by atoms with Crippen molar-refractivity contribution in [1.82, 2.24) is 0 Å². The summed E-state index contributed by atoms with van der Waals surface area (Å²) in [5.74, 6) is 0.871. The van der Waals surface area contributed by atoms with Gasteiger partial charge < -0.3 is 9.84 Å². The summed E-state index contributed by atoms with van der Waals surface area (Å²) in [6.07, 6.45) is 2.23. The molecule has 2 atom stereocenters. The number of aliphatic hydroxyl groups excluding tert-OH is 1. The van der Waals surface area contributed by atoms with E-state index in [4.69, 9.17) is 4.74 Å². The van der Waals surface area contributed by atoms with E-state index in [1.165, 1.54) is 5.56 Å². The Bertz CT molecular complexity index is 591. The number of aliphatic hydroxyl groups is 1. The summed E-state index contributed by atoms with van der Waals surface area (Å²) < 4.78 is 6.09. The molecule has 0 heterocycles. The van der Waals surface area contributed by atoms with Crippen LogP contribution in [0, 0.1) is 6.92 Å². The van der Waals surface area contributed by atoms with E-state index in [2.05, 4.69) is 6.07 Å². The van der Waals surface area contributed by atoms with Gasteiger partial charge in [-0.05, 0) is 48.9 Å². The Hall–Kier alpha value is -1.80. The highest BCUT2D eigenvalue weighted by atomic mass is 16.5. The third kappa shape index (κ3) is 2.56. The second-order valence-electron chi connectivity index (χ2n) is 5.46. The first-order valence-electron chi connectivity index (χ1n) is 7.24. The zero-order valence-corrected chi connectivity index (χ0v) is 11.8. The summed E-state index contributed by atoms with van der Waals surface area (Å²) in [5.41, 5.74) is 3.37. The van der Waals surface area contributed by atoms with E-state index >= 15 is 0 Å². The molecule has 0 radical (unpaired) electrons. The van der Waals surface area contributed by atoms with Gasteiger partial charge in [-0.25, -0.2) is 0 Å². The van der Waals surface area contributed by atoms with E-state index in [1.54, 1.807) is 0 Å². The van der Waals surface area contributed by atoms with E-state index in [-0.39, 0.29) is 6.10 Å². The average molecular weight is 268 g/mol.